The van der Waals surface area contributed by atoms with Crippen LogP contribution in [0.3, 0.4) is 0 Å². The Morgan fingerprint density at radius 3 is 2.38 bits per heavy atom. The first kappa shape index (κ1) is 13.6. The summed E-state index contributed by atoms with van der Waals surface area (Å²) in [6, 6.07) is 0. The van der Waals surface area contributed by atoms with Crippen molar-refractivity contribution in [3.63, 3.8) is 0 Å². The van der Waals surface area contributed by atoms with Gasteiger partial charge in [-0.25, -0.2) is 8.78 Å². The molecule has 0 aromatic heterocycles. The van der Waals surface area contributed by atoms with Crippen molar-refractivity contribution in [2.75, 3.05) is 13.7 Å². The maximum absolute atomic E-state index is 13.1. The average molecular weight is 234 g/mol. The van der Waals surface area contributed by atoms with E-state index in [-0.39, 0.29) is 18.8 Å². The molecule has 0 amide bonds. The molecular formula is C12H20F2O2. The Morgan fingerprint density at radius 1 is 1.31 bits per heavy atom. The quantitative estimate of drug-likeness (QED) is 0.658. The van der Waals surface area contributed by atoms with E-state index in [0.717, 1.165) is 18.9 Å². The molecule has 0 N–H and O–H groups in total. The lowest BCUT2D eigenvalue weighted by Crippen LogP contribution is -2.40. The number of rotatable bonds is 6. The molecule has 1 aliphatic carbocycles. The van der Waals surface area contributed by atoms with E-state index in [4.69, 9.17) is 9.47 Å². The monoisotopic (exact) mass is 234 g/mol. The highest BCUT2D eigenvalue weighted by molar-refractivity contribution is 4.97. The highest BCUT2D eigenvalue weighted by Crippen LogP contribution is 2.27. The van der Waals surface area contributed by atoms with E-state index in [2.05, 4.69) is 0 Å². The molecule has 94 valence electrons. The Morgan fingerprint density at radius 2 is 1.94 bits per heavy atom. The molecule has 0 heterocycles. The molecule has 0 saturated heterocycles. The van der Waals surface area contributed by atoms with Crippen LogP contribution in [0.1, 0.15) is 26.7 Å². The third-order valence-electron chi connectivity index (χ3n) is 2.97. The van der Waals surface area contributed by atoms with Crippen molar-refractivity contribution in [3.8, 4) is 0 Å². The molecule has 1 aliphatic rings. The van der Waals surface area contributed by atoms with E-state index in [1.165, 1.54) is 19.9 Å². The highest BCUT2D eigenvalue weighted by Gasteiger charge is 2.32. The minimum absolute atomic E-state index is 0.0716. The Bertz CT molecular complexity index is 237. The number of allylic oxidation sites excluding steroid dienone is 1. The fourth-order valence-electron chi connectivity index (χ4n) is 1.48. The van der Waals surface area contributed by atoms with Crippen LogP contribution in [0.5, 0.6) is 0 Å². The van der Waals surface area contributed by atoms with E-state index in [1.807, 2.05) is 0 Å². The van der Waals surface area contributed by atoms with Gasteiger partial charge >= 0.3 is 0 Å². The van der Waals surface area contributed by atoms with Crippen LogP contribution in [0.4, 0.5) is 8.78 Å². The Labute approximate surface area is 95.6 Å². The molecule has 1 fully saturated rings. The largest absolute Gasteiger partial charge is 0.379 e. The van der Waals surface area contributed by atoms with Gasteiger partial charge in [-0.15, -0.1) is 0 Å². The smallest absolute Gasteiger partial charge is 0.268 e. The van der Waals surface area contributed by atoms with Crippen LogP contribution in [-0.4, -0.2) is 31.8 Å². The van der Waals surface area contributed by atoms with Crippen LogP contribution in [0.25, 0.3) is 0 Å². The Balaban J connectivity index is 2.22. The molecule has 1 saturated carbocycles. The standard InChI is InChI=1S/C12H20F2O2/c1-9(2)12(13,14)7-4-8-16-11-6-5-10(11)15-3/h4,7,9-11H,5-6,8H2,1-3H3/b7-4+. The van der Waals surface area contributed by atoms with Crippen LogP contribution < -0.4 is 0 Å². The molecule has 0 aromatic carbocycles. The normalized spacial score (nSPS) is 26.4. The summed E-state index contributed by atoms with van der Waals surface area (Å²) >= 11 is 0. The molecule has 0 aromatic rings. The summed E-state index contributed by atoms with van der Waals surface area (Å²) in [6.45, 7) is 3.23. The van der Waals surface area contributed by atoms with E-state index < -0.39 is 11.8 Å². The van der Waals surface area contributed by atoms with Crippen molar-refractivity contribution < 1.29 is 18.3 Å². The molecular weight excluding hydrogens is 214 g/mol. The molecule has 0 radical (unpaired) electrons. The van der Waals surface area contributed by atoms with E-state index in [9.17, 15) is 8.78 Å². The third kappa shape index (κ3) is 3.52. The van der Waals surface area contributed by atoms with Gasteiger partial charge in [0.2, 0.25) is 0 Å². The van der Waals surface area contributed by atoms with Crippen LogP contribution in [0.2, 0.25) is 0 Å². The van der Waals surface area contributed by atoms with Crippen molar-refractivity contribution in [1.29, 1.82) is 0 Å². The number of halogens is 2. The van der Waals surface area contributed by atoms with Crippen molar-refractivity contribution >= 4 is 0 Å². The van der Waals surface area contributed by atoms with E-state index in [0.29, 0.717) is 0 Å². The fourth-order valence-corrected chi connectivity index (χ4v) is 1.48. The average Bonchev–Trinajstić information content (AvgIpc) is 2.16. The van der Waals surface area contributed by atoms with Gasteiger partial charge in [0.05, 0.1) is 18.8 Å². The van der Waals surface area contributed by atoms with Gasteiger partial charge in [-0.05, 0) is 18.9 Å². The predicted molar refractivity (Wildman–Crippen MR) is 58.7 cm³/mol. The number of methoxy groups -OCH3 is 1. The molecule has 16 heavy (non-hydrogen) atoms. The van der Waals surface area contributed by atoms with Crippen LogP contribution in [0, 0.1) is 5.92 Å². The number of hydrogen-bond donors (Lipinski definition) is 0. The minimum Gasteiger partial charge on any atom is -0.379 e. The Hall–Kier alpha value is -0.480. The summed E-state index contributed by atoms with van der Waals surface area (Å²) in [4.78, 5) is 0. The lowest BCUT2D eigenvalue weighted by molar-refractivity contribution is -0.106. The molecule has 2 atom stereocenters. The van der Waals surface area contributed by atoms with Gasteiger partial charge in [-0.1, -0.05) is 19.9 Å². The third-order valence-corrected chi connectivity index (χ3v) is 2.97. The van der Waals surface area contributed by atoms with E-state index in [1.54, 1.807) is 7.11 Å². The van der Waals surface area contributed by atoms with Gasteiger partial charge in [-0.2, -0.15) is 0 Å². The number of alkyl halides is 2. The maximum atomic E-state index is 13.1. The van der Waals surface area contributed by atoms with Crippen molar-refractivity contribution in [1.82, 2.24) is 0 Å². The summed E-state index contributed by atoms with van der Waals surface area (Å²) in [7, 11) is 1.64. The second-order valence-corrected chi connectivity index (χ2v) is 4.45. The predicted octanol–water partition coefficient (Wildman–Crippen LogP) is 3.03. The van der Waals surface area contributed by atoms with Gasteiger partial charge in [0, 0.05) is 13.0 Å². The summed E-state index contributed by atoms with van der Waals surface area (Å²) in [5.41, 5.74) is 0. The van der Waals surface area contributed by atoms with E-state index >= 15 is 0 Å². The molecule has 1 rings (SSSR count). The van der Waals surface area contributed by atoms with Gasteiger partial charge in [0.1, 0.15) is 0 Å². The molecule has 0 bridgehead atoms. The summed E-state index contributed by atoms with van der Waals surface area (Å²) in [5.74, 6) is -3.43. The first-order valence-corrected chi connectivity index (χ1v) is 5.67. The van der Waals surface area contributed by atoms with Crippen molar-refractivity contribution in [2.24, 2.45) is 5.92 Å². The van der Waals surface area contributed by atoms with Gasteiger partial charge < -0.3 is 9.47 Å². The van der Waals surface area contributed by atoms with Gasteiger partial charge in [0.15, 0.2) is 0 Å². The molecule has 0 spiro atoms. The highest BCUT2D eigenvalue weighted by atomic mass is 19.3. The van der Waals surface area contributed by atoms with Crippen LogP contribution in [0.15, 0.2) is 12.2 Å². The van der Waals surface area contributed by atoms with Crippen molar-refractivity contribution in [2.45, 2.75) is 44.8 Å². The number of hydrogen-bond acceptors (Lipinski definition) is 2. The lowest BCUT2D eigenvalue weighted by Gasteiger charge is -2.34. The zero-order chi connectivity index (χ0) is 12.2. The zero-order valence-corrected chi connectivity index (χ0v) is 10.1. The minimum atomic E-state index is -2.75. The number of ether oxygens (including phenoxy) is 2. The fraction of sp³-hybridized carbons (Fsp3) is 0.833. The lowest BCUT2D eigenvalue weighted by atomic mass is 9.92. The van der Waals surface area contributed by atoms with Crippen molar-refractivity contribution in [3.05, 3.63) is 12.2 Å². The molecule has 0 aliphatic heterocycles. The summed E-state index contributed by atoms with van der Waals surface area (Å²) < 4.78 is 36.8. The SMILES string of the molecule is COC1CCC1OC/C=C/C(F)(F)C(C)C. The molecule has 2 unspecified atom stereocenters. The maximum Gasteiger partial charge on any atom is 0.268 e. The summed E-state index contributed by atoms with van der Waals surface area (Å²) in [6.07, 6.45) is 4.48. The summed E-state index contributed by atoms with van der Waals surface area (Å²) in [5, 5.41) is 0. The van der Waals surface area contributed by atoms with Crippen LogP contribution in [-0.2, 0) is 9.47 Å². The van der Waals surface area contributed by atoms with Gasteiger partial charge in [-0.3, -0.25) is 0 Å². The second-order valence-electron chi connectivity index (χ2n) is 4.45. The van der Waals surface area contributed by atoms with Crippen LogP contribution >= 0.6 is 0 Å². The van der Waals surface area contributed by atoms with Gasteiger partial charge in [0.25, 0.3) is 5.92 Å². The topological polar surface area (TPSA) is 18.5 Å². The second kappa shape index (κ2) is 5.73. The zero-order valence-electron chi connectivity index (χ0n) is 10.1. The molecule has 2 nitrogen and oxygen atoms in total. The molecule has 4 heteroatoms. The Kier molecular flexibility index (Phi) is 4.87. The first-order chi connectivity index (χ1) is 7.47. The first-order valence-electron chi connectivity index (χ1n) is 5.67.